The number of urea groups is 1. The third kappa shape index (κ3) is 4.30. The minimum absolute atomic E-state index is 0.179. The van der Waals surface area contributed by atoms with E-state index >= 15 is 0 Å². The SMILES string of the molecule is CCOC(=O)c1ccn(-c2ccccc2NC(=O)N2CCC(C(=O)O)CC2)n1. The average molecular weight is 386 g/mol. The van der Waals surface area contributed by atoms with Crippen molar-refractivity contribution in [2.75, 3.05) is 25.0 Å². The number of aliphatic carboxylic acids is 1. The number of carbonyl (C=O) groups excluding carboxylic acids is 2. The molecule has 2 aromatic rings. The Morgan fingerprint density at radius 3 is 2.61 bits per heavy atom. The summed E-state index contributed by atoms with van der Waals surface area (Å²) >= 11 is 0. The Labute approximate surface area is 161 Å². The van der Waals surface area contributed by atoms with Crippen LogP contribution in [0.5, 0.6) is 0 Å². The Hall–Kier alpha value is -3.36. The lowest BCUT2D eigenvalue weighted by molar-refractivity contribution is -0.143. The number of carboxylic acids is 1. The first-order valence-electron chi connectivity index (χ1n) is 9.10. The van der Waals surface area contributed by atoms with Gasteiger partial charge >= 0.3 is 18.0 Å². The Bertz CT molecular complexity index is 871. The molecule has 0 saturated carbocycles. The van der Waals surface area contributed by atoms with Crippen molar-refractivity contribution in [3.8, 4) is 5.69 Å². The molecule has 0 spiro atoms. The minimum Gasteiger partial charge on any atom is -0.481 e. The van der Waals surface area contributed by atoms with Crippen molar-refractivity contribution < 1.29 is 24.2 Å². The summed E-state index contributed by atoms with van der Waals surface area (Å²) in [5, 5.41) is 16.1. The summed E-state index contributed by atoms with van der Waals surface area (Å²) in [4.78, 5) is 37.1. The van der Waals surface area contributed by atoms with Crippen LogP contribution in [0.15, 0.2) is 36.5 Å². The van der Waals surface area contributed by atoms with Crippen LogP contribution in [0.1, 0.15) is 30.3 Å². The Morgan fingerprint density at radius 2 is 1.93 bits per heavy atom. The van der Waals surface area contributed by atoms with E-state index in [9.17, 15) is 14.4 Å². The van der Waals surface area contributed by atoms with Gasteiger partial charge in [-0.15, -0.1) is 0 Å². The highest BCUT2D eigenvalue weighted by molar-refractivity contribution is 5.92. The molecule has 0 atom stereocenters. The van der Waals surface area contributed by atoms with E-state index in [0.717, 1.165) is 0 Å². The van der Waals surface area contributed by atoms with Crippen molar-refractivity contribution in [2.45, 2.75) is 19.8 Å². The summed E-state index contributed by atoms with van der Waals surface area (Å²) in [6, 6.07) is 8.35. The molecule has 28 heavy (non-hydrogen) atoms. The third-order valence-electron chi connectivity index (χ3n) is 4.60. The molecule has 1 aliphatic rings. The number of likely N-dealkylation sites (tertiary alicyclic amines) is 1. The summed E-state index contributed by atoms with van der Waals surface area (Å²) in [6.07, 6.45) is 2.49. The number of rotatable bonds is 5. The van der Waals surface area contributed by atoms with Crippen molar-refractivity contribution in [1.82, 2.24) is 14.7 Å². The standard InChI is InChI=1S/C19H22N4O5/c1-2-28-18(26)15-9-12-23(21-15)16-6-4-3-5-14(16)20-19(27)22-10-7-13(8-11-22)17(24)25/h3-6,9,12-13H,2,7-8,10-11H2,1H3,(H,20,27)(H,24,25). The zero-order chi connectivity index (χ0) is 20.1. The van der Waals surface area contributed by atoms with Crippen LogP contribution in [0.3, 0.4) is 0 Å². The minimum atomic E-state index is -0.818. The molecule has 0 bridgehead atoms. The highest BCUT2D eigenvalue weighted by Crippen LogP contribution is 2.22. The van der Waals surface area contributed by atoms with Gasteiger partial charge in [0.25, 0.3) is 0 Å². The molecule has 2 amide bonds. The van der Waals surface area contributed by atoms with Crippen LogP contribution in [-0.4, -0.2) is 57.5 Å². The predicted molar refractivity (Wildman–Crippen MR) is 100 cm³/mol. The molecule has 9 heteroatoms. The van der Waals surface area contributed by atoms with Crippen molar-refractivity contribution in [2.24, 2.45) is 5.92 Å². The normalized spacial score (nSPS) is 14.5. The summed E-state index contributed by atoms with van der Waals surface area (Å²) in [7, 11) is 0. The van der Waals surface area contributed by atoms with Crippen LogP contribution < -0.4 is 5.32 Å². The van der Waals surface area contributed by atoms with Gasteiger partial charge in [0, 0.05) is 19.3 Å². The monoisotopic (exact) mass is 386 g/mol. The van der Waals surface area contributed by atoms with E-state index in [1.165, 1.54) is 4.68 Å². The van der Waals surface area contributed by atoms with Gasteiger partial charge < -0.3 is 20.1 Å². The molecule has 3 rings (SSSR count). The van der Waals surface area contributed by atoms with Gasteiger partial charge in [-0.2, -0.15) is 5.10 Å². The van der Waals surface area contributed by atoms with Gasteiger partial charge in [0.1, 0.15) is 0 Å². The van der Waals surface area contributed by atoms with Crippen LogP contribution in [0.2, 0.25) is 0 Å². The van der Waals surface area contributed by atoms with Crippen LogP contribution in [-0.2, 0) is 9.53 Å². The van der Waals surface area contributed by atoms with E-state index in [1.54, 1.807) is 48.4 Å². The third-order valence-corrected chi connectivity index (χ3v) is 4.60. The number of esters is 1. The molecule has 9 nitrogen and oxygen atoms in total. The fourth-order valence-electron chi connectivity index (χ4n) is 3.07. The number of aromatic nitrogens is 2. The summed E-state index contributed by atoms with van der Waals surface area (Å²) in [6.45, 7) is 2.76. The van der Waals surface area contributed by atoms with Gasteiger partial charge in [0.15, 0.2) is 5.69 Å². The number of benzene rings is 1. The van der Waals surface area contributed by atoms with Crippen molar-refractivity contribution in [3.05, 3.63) is 42.2 Å². The van der Waals surface area contributed by atoms with E-state index in [2.05, 4.69) is 10.4 Å². The molecule has 148 valence electrons. The number of anilines is 1. The lowest BCUT2D eigenvalue weighted by atomic mass is 9.97. The Morgan fingerprint density at radius 1 is 1.21 bits per heavy atom. The number of amides is 2. The number of carbonyl (C=O) groups is 3. The molecule has 1 aromatic heterocycles. The zero-order valence-electron chi connectivity index (χ0n) is 15.5. The van der Waals surface area contributed by atoms with Crippen LogP contribution >= 0.6 is 0 Å². The Balaban J connectivity index is 1.72. The molecule has 1 aliphatic heterocycles. The molecule has 0 unspecified atom stereocenters. The maximum atomic E-state index is 12.6. The first-order valence-corrected chi connectivity index (χ1v) is 9.10. The van der Waals surface area contributed by atoms with Crippen molar-refractivity contribution in [3.63, 3.8) is 0 Å². The lowest BCUT2D eigenvalue weighted by Crippen LogP contribution is -2.42. The highest BCUT2D eigenvalue weighted by Gasteiger charge is 2.27. The zero-order valence-corrected chi connectivity index (χ0v) is 15.5. The van der Waals surface area contributed by atoms with E-state index in [-0.39, 0.29) is 18.3 Å². The number of carboxylic acid groups (broad SMARTS) is 1. The van der Waals surface area contributed by atoms with Gasteiger partial charge in [-0.3, -0.25) is 4.79 Å². The molecule has 1 aromatic carbocycles. The lowest BCUT2D eigenvalue weighted by Gasteiger charge is -2.30. The number of piperidine rings is 1. The molecule has 0 radical (unpaired) electrons. The van der Waals surface area contributed by atoms with Crippen molar-refractivity contribution in [1.29, 1.82) is 0 Å². The van der Waals surface area contributed by atoms with Gasteiger partial charge in [-0.05, 0) is 38.0 Å². The second-order valence-corrected chi connectivity index (χ2v) is 6.41. The summed E-state index contributed by atoms with van der Waals surface area (Å²) < 4.78 is 6.44. The van der Waals surface area contributed by atoms with Crippen molar-refractivity contribution >= 4 is 23.7 Å². The Kier molecular flexibility index (Phi) is 5.93. The molecule has 1 saturated heterocycles. The second kappa shape index (κ2) is 8.55. The molecule has 1 fully saturated rings. The summed E-state index contributed by atoms with van der Waals surface area (Å²) in [5.41, 5.74) is 1.32. The maximum Gasteiger partial charge on any atom is 0.358 e. The van der Waals surface area contributed by atoms with Gasteiger partial charge in [0.05, 0.1) is 23.9 Å². The second-order valence-electron chi connectivity index (χ2n) is 6.41. The van der Waals surface area contributed by atoms with Crippen LogP contribution in [0, 0.1) is 5.92 Å². The fourth-order valence-corrected chi connectivity index (χ4v) is 3.07. The topological polar surface area (TPSA) is 114 Å². The van der Waals surface area contributed by atoms with Crippen LogP contribution in [0.25, 0.3) is 5.69 Å². The quantitative estimate of drug-likeness (QED) is 0.763. The smallest absolute Gasteiger partial charge is 0.358 e. The maximum absolute atomic E-state index is 12.6. The van der Waals surface area contributed by atoms with E-state index in [4.69, 9.17) is 9.84 Å². The molecule has 2 heterocycles. The van der Waals surface area contributed by atoms with E-state index in [0.29, 0.717) is 37.3 Å². The highest BCUT2D eigenvalue weighted by atomic mass is 16.5. The fraction of sp³-hybridized carbons (Fsp3) is 0.368. The average Bonchev–Trinajstić information content (AvgIpc) is 3.19. The first kappa shape index (κ1) is 19.4. The molecule has 2 N–H and O–H groups in total. The van der Waals surface area contributed by atoms with Gasteiger partial charge in [-0.25, -0.2) is 14.3 Å². The number of hydrogen-bond acceptors (Lipinski definition) is 5. The van der Waals surface area contributed by atoms with E-state index < -0.39 is 17.9 Å². The van der Waals surface area contributed by atoms with Gasteiger partial charge in [0.2, 0.25) is 0 Å². The number of nitrogens with one attached hydrogen (secondary N) is 1. The predicted octanol–water partition coefficient (Wildman–Crippen LogP) is 2.38. The summed E-state index contributed by atoms with van der Waals surface area (Å²) in [5.74, 6) is -1.73. The van der Waals surface area contributed by atoms with E-state index in [1.807, 2.05) is 0 Å². The molecular weight excluding hydrogens is 364 g/mol. The largest absolute Gasteiger partial charge is 0.481 e. The number of nitrogens with zero attached hydrogens (tertiary/aromatic N) is 3. The number of ether oxygens (including phenoxy) is 1. The van der Waals surface area contributed by atoms with Gasteiger partial charge in [-0.1, -0.05) is 12.1 Å². The molecular formula is C19H22N4O5. The molecule has 0 aliphatic carbocycles. The van der Waals surface area contributed by atoms with Crippen LogP contribution in [0.4, 0.5) is 10.5 Å². The number of para-hydroxylation sites is 2. The first-order chi connectivity index (χ1) is 13.5. The number of hydrogen-bond donors (Lipinski definition) is 2.